The molecule has 3 heterocycles. The van der Waals surface area contributed by atoms with E-state index in [9.17, 15) is 0 Å². The molecule has 0 fully saturated rings. The molecule has 0 bridgehead atoms. The third-order valence-electron chi connectivity index (χ3n) is 3.78. The van der Waals surface area contributed by atoms with E-state index in [1.807, 2.05) is 30.3 Å². The number of pyridine rings is 1. The van der Waals surface area contributed by atoms with E-state index in [4.69, 9.17) is 4.74 Å². The Balaban J connectivity index is 1.86. The zero-order valence-electron chi connectivity index (χ0n) is 12.5. The molecule has 0 amide bonds. The van der Waals surface area contributed by atoms with Crippen molar-refractivity contribution in [3.63, 3.8) is 0 Å². The Morgan fingerprint density at radius 1 is 1.00 bits per heavy atom. The Labute approximate surface area is 133 Å². The Morgan fingerprint density at radius 2 is 1.91 bits per heavy atom. The summed E-state index contributed by atoms with van der Waals surface area (Å²) in [4.78, 5) is 7.79. The summed E-state index contributed by atoms with van der Waals surface area (Å²) in [5.74, 6) is 0.798. The maximum atomic E-state index is 5.48. The second kappa shape index (κ2) is 5.53. The summed E-state index contributed by atoms with van der Waals surface area (Å²) in [5.41, 5.74) is 4.87. The van der Waals surface area contributed by atoms with Crippen LogP contribution in [0.25, 0.3) is 33.4 Å². The number of nitrogens with zero attached hydrogens (tertiary/aromatic N) is 3. The van der Waals surface area contributed by atoms with Crippen molar-refractivity contribution in [2.45, 2.75) is 0 Å². The molecular formula is C18H14N4O. The van der Waals surface area contributed by atoms with Crippen LogP contribution < -0.4 is 4.74 Å². The molecule has 0 saturated carbocycles. The van der Waals surface area contributed by atoms with Crippen molar-refractivity contribution < 1.29 is 4.74 Å². The van der Waals surface area contributed by atoms with Gasteiger partial charge in [-0.3, -0.25) is 4.98 Å². The van der Waals surface area contributed by atoms with Gasteiger partial charge in [-0.1, -0.05) is 6.07 Å². The summed E-state index contributed by atoms with van der Waals surface area (Å²) in [6.45, 7) is 0. The summed E-state index contributed by atoms with van der Waals surface area (Å²) >= 11 is 0. The number of benzene rings is 1. The van der Waals surface area contributed by atoms with Gasteiger partial charge in [0, 0.05) is 22.8 Å². The fourth-order valence-electron chi connectivity index (χ4n) is 2.64. The van der Waals surface area contributed by atoms with Gasteiger partial charge in [-0.05, 0) is 42.0 Å². The Hall–Kier alpha value is -3.21. The molecule has 3 aromatic heterocycles. The molecule has 0 unspecified atom stereocenters. The van der Waals surface area contributed by atoms with Crippen LogP contribution in [0.2, 0.25) is 0 Å². The second-order valence-corrected chi connectivity index (χ2v) is 5.17. The molecule has 0 radical (unpaired) electrons. The number of aromatic amines is 1. The van der Waals surface area contributed by atoms with Gasteiger partial charge >= 0.3 is 0 Å². The normalized spacial score (nSPS) is 10.8. The van der Waals surface area contributed by atoms with Crippen LogP contribution in [0.5, 0.6) is 5.75 Å². The largest absolute Gasteiger partial charge is 0.496 e. The molecule has 0 spiro atoms. The summed E-state index contributed by atoms with van der Waals surface area (Å²) < 4.78 is 5.48. The van der Waals surface area contributed by atoms with Gasteiger partial charge in [-0.25, -0.2) is 0 Å². The average Bonchev–Trinajstić information content (AvgIpc) is 3.06. The van der Waals surface area contributed by atoms with Crippen molar-refractivity contribution in [3.8, 4) is 28.3 Å². The molecule has 0 aliphatic rings. The highest BCUT2D eigenvalue weighted by molar-refractivity contribution is 5.85. The second-order valence-electron chi connectivity index (χ2n) is 5.17. The molecule has 4 aromatic rings. The molecule has 112 valence electrons. The minimum Gasteiger partial charge on any atom is -0.496 e. The van der Waals surface area contributed by atoms with Gasteiger partial charge in [0.2, 0.25) is 0 Å². The molecule has 0 atom stereocenters. The van der Waals surface area contributed by atoms with Crippen molar-refractivity contribution >= 4 is 10.9 Å². The zero-order valence-corrected chi connectivity index (χ0v) is 12.5. The van der Waals surface area contributed by atoms with Gasteiger partial charge < -0.3 is 9.72 Å². The third kappa shape index (κ3) is 2.42. The van der Waals surface area contributed by atoms with E-state index in [0.29, 0.717) is 0 Å². The van der Waals surface area contributed by atoms with Gasteiger partial charge in [-0.2, -0.15) is 10.2 Å². The van der Waals surface area contributed by atoms with E-state index in [1.165, 1.54) is 0 Å². The van der Waals surface area contributed by atoms with E-state index in [2.05, 4.69) is 32.3 Å². The van der Waals surface area contributed by atoms with Crippen molar-refractivity contribution in [2.24, 2.45) is 0 Å². The molecule has 4 rings (SSSR count). The minimum absolute atomic E-state index is 0.798. The number of hydrogen-bond acceptors (Lipinski definition) is 4. The average molecular weight is 302 g/mol. The van der Waals surface area contributed by atoms with Crippen molar-refractivity contribution in [3.05, 3.63) is 61.1 Å². The Bertz CT molecular complexity index is 930. The molecule has 5 heteroatoms. The van der Waals surface area contributed by atoms with Crippen molar-refractivity contribution in [1.82, 2.24) is 20.2 Å². The fourth-order valence-corrected chi connectivity index (χ4v) is 2.64. The Kier molecular flexibility index (Phi) is 3.24. The van der Waals surface area contributed by atoms with E-state index >= 15 is 0 Å². The van der Waals surface area contributed by atoms with E-state index < -0.39 is 0 Å². The number of nitrogens with one attached hydrogen (secondary N) is 1. The van der Waals surface area contributed by atoms with Crippen LogP contribution in [-0.4, -0.2) is 27.3 Å². The van der Waals surface area contributed by atoms with E-state index in [0.717, 1.165) is 39.2 Å². The van der Waals surface area contributed by atoms with Crippen LogP contribution in [0.15, 0.2) is 61.1 Å². The first-order valence-electron chi connectivity index (χ1n) is 7.24. The predicted molar refractivity (Wildman–Crippen MR) is 89.1 cm³/mol. The SMILES string of the molecule is COc1ccc(-c2cc3cnncc3[nH]2)cc1-c1ccccn1. The molecule has 23 heavy (non-hydrogen) atoms. The number of ether oxygens (including phenoxy) is 1. The van der Waals surface area contributed by atoms with Gasteiger partial charge in [0.1, 0.15) is 5.75 Å². The first-order chi connectivity index (χ1) is 11.3. The maximum Gasteiger partial charge on any atom is 0.128 e. The van der Waals surface area contributed by atoms with Crippen LogP contribution in [0.3, 0.4) is 0 Å². The van der Waals surface area contributed by atoms with Crippen LogP contribution in [0.4, 0.5) is 0 Å². The molecule has 5 nitrogen and oxygen atoms in total. The number of rotatable bonds is 3. The van der Waals surface area contributed by atoms with Crippen LogP contribution in [0, 0.1) is 0 Å². The van der Waals surface area contributed by atoms with Gasteiger partial charge in [0.15, 0.2) is 0 Å². The number of hydrogen-bond donors (Lipinski definition) is 1. The minimum atomic E-state index is 0.798. The molecule has 0 aliphatic heterocycles. The summed E-state index contributed by atoms with van der Waals surface area (Å²) in [5, 5.41) is 8.85. The molecule has 1 N–H and O–H groups in total. The topological polar surface area (TPSA) is 63.7 Å². The first-order valence-corrected chi connectivity index (χ1v) is 7.24. The highest BCUT2D eigenvalue weighted by Gasteiger charge is 2.10. The lowest BCUT2D eigenvalue weighted by atomic mass is 10.0. The summed E-state index contributed by atoms with van der Waals surface area (Å²) in [7, 11) is 1.67. The van der Waals surface area contributed by atoms with E-state index in [1.54, 1.807) is 25.7 Å². The van der Waals surface area contributed by atoms with Crippen LogP contribution in [0.1, 0.15) is 0 Å². The zero-order chi connectivity index (χ0) is 15.6. The number of fused-ring (bicyclic) bond motifs is 1. The lowest BCUT2D eigenvalue weighted by Crippen LogP contribution is -1.91. The molecule has 0 aliphatic carbocycles. The van der Waals surface area contributed by atoms with Crippen LogP contribution in [-0.2, 0) is 0 Å². The third-order valence-corrected chi connectivity index (χ3v) is 3.78. The maximum absolute atomic E-state index is 5.48. The standard InChI is InChI=1S/C18H14N4O/c1-23-18-6-5-12(8-14(18)15-4-2-3-7-19-15)16-9-13-10-20-21-11-17(13)22-16/h2-11,22H,1H3. The lowest BCUT2D eigenvalue weighted by molar-refractivity contribution is 0.416. The Morgan fingerprint density at radius 3 is 2.70 bits per heavy atom. The quantitative estimate of drug-likeness (QED) is 0.627. The summed E-state index contributed by atoms with van der Waals surface area (Å²) in [6, 6.07) is 14.0. The number of methoxy groups -OCH3 is 1. The summed E-state index contributed by atoms with van der Waals surface area (Å²) in [6.07, 6.45) is 5.25. The smallest absolute Gasteiger partial charge is 0.128 e. The van der Waals surface area contributed by atoms with Crippen LogP contribution >= 0.6 is 0 Å². The van der Waals surface area contributed by atoms with Gasteiger partial charge in [0.25, 0.3) is 0 Å². The highest BCUT2D eigenvalue weighted by Crippen LogP contribution is 2.33. The lowest BCUT2D eigenvalue weighted by Gasteiger charge is -2.10. The van der Waals surface area contributed by atoms with Crippen molar-refractivity contribution in [1.29, 1.82) is 0 Å². The predicted octanol–water partition coefficient (Wildman–Crippen LogP) is 3.70. The monoisotopic (exact) mass is 302 g/mol. The van der Waals surface area contributed by atoms with Crippen molar-refractivity contribution in [2.75, 3.05) is 7.11 Å². The molecule has 1 aromatic carbocycles. The fraction of sp³-hybridized carbons (Fsp3) is 0.0556. The van der Waals surface area contributed by atoms with Gasteiger partial charge in [0.05, 0.1) is 30.7 Å². The first kappa shape index (κ1) is 13.5. The van der Waals surface area contributed by atoms with E-state index in [-0.39, 0.29) is 0 Å². The highest BCUT2D eigenvalue weighted by atomic mass is 16.5. The molecule has 0 saturated heterocycles. The van der Waals surface area contributed by atoms with Gasteiger partial charge in [-0.15, -0.1) is 0 Å². The number of aromatic nitrogens is 4. The number of H-pyrrole nitrogens is 1. The molecular weight excluding hydrogens is 288 g/mol.